The quantitative estimate of drug-likeness (QED) is 0.440. The van der Waals surface area contributed by atoms with Crippen molar-refractivity contribution >= 4 is 17.5 Å². The van der Waals surface area contributed by atoms with Gasteiger partial charge in [0.1, 0.15) is 12.4 Å². The number of carbonyl (C=O) groups excluding carboxylic acids is 2. The fraction of sp³-hybridized carbons (Fsp3) is 0.333. The summed E-state index contributed by atoms with van der Waals surface area (Å²) in [5.41, 5.74) is 4.33. The fourth-order valence-corrected chi connectivity index (χ4v) is 4.45. The molecule has 0 aromatic heterocycles. The first-order chi connectivity index (χ1) is 18.0. The zero-order chi connectivity index (χ0) is 25.9. The minimum Gasteiger partial charge on any atom is -0.489 e. The molecule has 1 aliphatic rings. The lowest BCUT2D eigenvalue weighted by Gasteiger charge is -2.23. The van der Waals surface area contributed by atoms with Crippen molar-refractivity contribution in [2.75, 3.05) is 38.0 Å². The number of nitrogens with one attached hydrogen (secondary N) is 2. The Morgan fingerprint density at radius 2 is 1.46 bits per heavy atom. The number of ether oxygens (including phenoxy) is 1. The summed E-state index contributed by atoms with van der Waals surface area (Å²) in [7, 11) is 0. The average molecular weight is 501 g/mol. The average Bonchev–Trinajstić information content (AvgIpc) is 3.13. The Morgan fingerprint density at radius 3 is 2.19 bits per heavy atom. The van der Waals surface area contributed by atoms with Crippen LogP contribution in [0.3, 0.4) is 0 Å². The van der Waals surface area contributed by atoms with Gasteiger partial charge >= 0.3 is 0 Å². The van der Waals surface area contributed by atoms with Crippen molar-refractivity contribution in [3.8, 4) is 5.75 Å². The molecule has 37 heavy (non-hydrogen) atoms. The van der Waals surface area contributed by atoms with Gasteiger partial charge in [0.25, 0.3) is 0 Å². The van der Waals surface area contributed by atoms with E-state index >= 15 is 0 Å². The van der Waals surface area contributed by atoms with E-state index in [0.29, 0.717) is 6.61 Å². The Balaban J connectivity index is 1.25. The van der Waals surface area contributed by atoms with E-state index in [9.17, 15) is 9.59 Å². The minimum atomic E-state index is -0.221. The third-order valence-electron chi connectivity index (χ3n) is 6.44. The van der Waals surface area contributed by atoms with Crippen molar-refractivity contribution in [3.63, 3.8) is 0 Å². The highest BCUT2D eigenvalue weighted by Gasteiger charge is 2.17. The van der Waals surface area contributed by atoms with Crippen LogP contribution in [0.15, 0.2) is 78.9 Å². The Kier molecular flexibility index (Phi) is 9.68. The monoisotopic (exact) mass is 500 g/mol. The van der Waals surface area contributed by atoms with Gasteiger partial charge in [0, 0.05) is 38.8 Å². The molecule has 7 nitrogen and oxygen atoms in total. The highest BCUT2D eigenvalue weighted by atomic mass is 16.5. The van der Waals surface area contributed by atoms with Crippen molar-refractivity contribution in [1.29, 1.82) is 0 Å². The summed E-state index contributed by atoms with van der Waals surface area (Å²) in [5, 5.41) is 5.48. The first-order valence-corrected chi connectivity index (χ1v) is 12.9. The molecule has 0 atom stereocenters. The number of nitrogens with zero attached hydrogens (tertiary/aromatic N) is 2. The Hall–Kier alpha value is -3.68. The molecule has 0 radical (unpaired) electrons. The third kappa shape index (κ3) is 8.74. The van der Waals surface area contributed by atoms with Gasteiger partial charge < -0.3 is 15.4 Å². The summed E-state index contributed by atoms with van der Waals surface area (Å²) in [6, 6.07) is 26.5. The van der Waals surface area contributed by atoms with E-state index in [1.165, 1.54) is 12.5 Å². The molecule has 2 N–H and O–H groups in total. The van der Waals surface area contributed by atoms with E-state index in [2.05, 4.69) is 62.9 Å². The Labute approximate surface area is 219 Å². The molecule has 0 spiro atoms. The minimum absolute atomic E-state index is 0.0253. The van der Waals surface area contributed by atoms with Crippen molar-refractivity contribution in [2.45, 2.75) is 33.0 Å². The number of hydrogen-bond acceptors (Lipinski definition) is 5. The molecule has 1 saturated heterocycles. The third-order valence-corrected chi connectivity index (χ3v) is 6.44. The molecule has 3 aromatic carbocycles. The highest BCUT2D eigenvalue weighted by Crippen LogP contribution is 2.20. The first kappa shape index (κ1) is 26.4. The van der Waals surface area contributed by atoms with Gasteiger partial charge in [0.2, 0.25) is 11.8 Å². The predicted molar refractivity (Wildman–Crippen MR) is 146 cm³/mol. The van der Waals surface area contributed by atoms with Gasteiger partial charge in [-0.2, -0.15) is 0 Å². The number of hydrogen-bond donors (Lipinski definition) is 2. The molecule has 0 saturated carbocycles. The van der Waals surface area contributed by atoms with Gasteiger partial charge in [-0.25, -0.2) is 0 Å². The van der Waals surface area contributed by atoms with Crippen LogP contribution in [0.2, 0.25) is 0 Å². The van der Waals surface area contributed by atoms with Crippen LogP contribution in [0.25, 0.3) is 0 Å². The van der Waals surface area contributed by atoms with Crippen LogP contribution >= 0.6 is 0 Å². The first-order valence-electron chi connectivity index (χ1n) is 12.9. The number of para-hydroxylation sites is 1. The zero-order valence-corrected chi connectivity index (χ0v) is 21.5. The smallest absolute Gasteiger partial charge is 0.243 e. The summed E-state index contributed by atoms with van der Waals surface area (Å²) >= 11 is 0. The van der Waals surface area contributed by atoms with Crippen LogP contribution in [-0.2, 0) is 29.3 Å². The van der Waals surface area contributed by atoms with E-state index in [-0.39, 0.29) is 18.4 Å². The molecule has 0 aliphatic carbocycles. The van der Waals surface area contributed by atoms with E-state index < -0.39 is 0 Å². The fourth-order valence-electron chi connectivity index (χ4n) is 4.45. The normalized spacial score (nSPS) is 14.5. The van der Waals surface area contributed by atoms with E-state index in [1.54, 1.807) is 0 Å². The Bertz CT molecular complexity index is 1150. The summed E-state index contributed by atoms with van der Waals surface area (Å²) < 4.78 is 5.92. The number of benzene rings is 3. The van der Waals surface area contributed by atoms with Crippen LogP contribution in [-0.4, -0.2) is 54.3 Å². The molecule has 3 aromatic rings. The summed E-state index contributed by atoms with van der Waals surface area (Å²) in [6.45, 7) is 7.66. The SMILES string of the molecule is CC(=O)NCC(=O)Nc1ccccc1CN1CCCN(Cc2ccc(OCc3ccccc3)cc2)CC1. The van der Waals surface area contributed by atoms with E-state index in [0.717, 1.165) is 68.3 Å². The molecule has 1 aliphatic heterocycles. The maximum atomic E-state index is 12.2. The molecule has 4 rings (SSSR count). The number of amides is 2. The summed E-state index contributed by atoms with van der Waals surface area (Å²) in [5.74, 6) is 0.448. The van der Waals surface area contributed by atoms with Crippen LogP contribution in [0, 0.1) is 0 Å². The van der Waals surface area contributed by atoms with Crippen LogP contribution in [0.1, 0.15) is 30.0 Å². The lowest BCUT2D eigenvalue weighted by atomic mass is 10.1. The molecular formula is C30H36N4O3. The van der Waals surface area contributed by atoms with Gasteiger partial charge in [-0.15, -0.1) is 0 Å². The zero-order valence-electron chi connectivity index (χ0n) is 21.5. The Morgan fingerprint density at radius 1 is 0.784 bits per heavy atom. The number of anilines is 1. The standard InChI is InChI=1S/C30H36N4O3/c1-24(35)31-20-30(36)32-29-11-6-5-10-27(29)22-34-17-7-16-33(18-19-34)21-25-12-14-28(15-13-25)37-23-26-8-3-2-4-9-26/h2-6,8-15H,7,16-23H2,1H3,(H,31,35)(H,32,36). The number of rotatable bonds is 10. The molecule has 194 valence electrons. The molecule has 1 fully saturated rings. The predicted octanol–water partition coefficient (Wildman–Crippen LogP) is 4.05. The number of carbonyl (C=O) groups is 2. The van der Waals surface area contributed by atoms with Crippen LogP contribution in [0.5, 0.6) is 5.75 Å². The second-order valence-corrected chi connectivity index (χ2v) is 9.44. The van der Waals surface area contributed by atoms with Crippen molar-refractivity contribution in [1.82, 2.24) is 15.1 Å². The summed E-state index contributed by atoms with van der Waals surface area (Å²) in [4.78, 5) is 28.2. The van der Waals surface area contributed by atoms with E-state index in [1.807, 2.05) is 36.4 Å². The van der Waals surface area contributed by atoms with Gasteiger partial charge in [-0.05, 0) is 54.4 Å². The summed E-state index contributed by atoms with van der Waals surface area (Å²) in [6.07, 6.45) is 1.09. The molecular weight excluding hydrogens is 464 g/mol. The van der Waals surface area contributed by atoms with Gasteiger partial charge in [-0.3, -0.25) is 19.4 Å². The van der Waals surface area contributed by atoms with Gasteiger partial charge in [0.15, 0.2) is 0 Å². The molecule has 7 heteroatoms. The molecule has 2 amide bonds. The van der Waals surface area contributed by atoms with Crippen molar-refractivity contribution in [3.05, 3.63) is 95.6 Å². The second-order valence-electron chi connectivity index (χ2n) is 9.44. The molecule has 0 bridgehead atoms. The van der Waals surface area contributed by atoms with Crippen LogP contribution < -0.4 is 15.4 Å². The molecule has 0 unspecified atom stereocenters. The second kappa shape index (κ2) is 13.6. The highest BCUT2D eigenvalue weighted by molar-refractivity contribution is 5.94. The van der Waals surface area contributed by atoms with Gasteiger partial charge in [-0.1, -0.05) is 60.7 Å². The van der Waals surface area contributed by atoms with Crippen molar-refractivity contribution in [2.24, 2.45) is 0 Å². The lowest BCUT2D eigenvalue weighted by Crippen LogP contribution is -2.32. The van der Waals surface area contributed by atoms with Gasteiger partial charge in [0.05, 0.1) is 6.54 Å². The van der Waals surface area contributed by atoms with E-state index in [4.69, 9.17) is 4.74 Å². The molecule has 1 heterocycles. The maximum Gasteiger partial charge on any atom is 0.243 e. The topological polar surface area (TPSA) is 73.9 Å². The maximum absolute atomic E-state index is 12.2. The lowest BCUT2D eigenvalue weighted by molar-refractivity contribution is -0.122. The van der Waals surface area contributed by atoms with Crippen molar-refractivity contribution < 1.29 is 14.3 Å². The van der Waals surface area contributed by atoms with Crippen LogP contribution in [0.4, 0.5) is 5.69 Å². The largest absolute Gasteiger partial charge is 0.489 e.